The highest BCUT2D eigenvalue weighted by Crippen LogP contribution is 2.37. The lowest BCUT2D eigenvalue weighted by Crippen LogP contribution is -2.56. The quantitative estimate of drug-likeness (QED) is 0.870. The van der Waals surface area contributed by atoms with Crippen LogP contribution in [0.5, 0.6) is 0 Å². The Kier molecular flexibility index (Phi) is 5.66. The average Bonchev–Trinajstić information content (AvgIpc) is 3.29. The van der Waals surface area contributed by atoms with E-state index in [1.807, 2.05) is 35.2 Å². The standard InChI is InChI=1S/C21H31N3O2/c1-21(2,3)18-12-11-17(24(18)20(26)16-10-7-13-22-16)19(25)23-14-15-8-5-4-6-9-15/h4-6,8-9,16-18,22H,7,10-14H2,1-3H3,(H,23,25)/t16-,17?,18+/m0/s1. The molecule has 0 bridgehead atoms. The van der Waals surface area contributed by atoms with Gasteiger partial charge in [0.1, 0.15) is 6.04 Å². The van der Waals surface area contributed by atoms with Gasteiger partial charge in [0.2, 0.25) is 11.8 Å². The van der Waals surface area contributed by atoms with E-state index in [1.54, 1.807) is 0 Å². The number of amides is 2. The fraction of sp³-hybridized carbons (Fsp3) is 0.619. The molecule has 2 aliphatic heterocycles. The van der Waals surface area contributed by atoms with E-state index in [9.17, 15) is 9.59 Å². The molecular weight excluding hydrogens is 326 g/mol. The number of hydrogen-bond donors (Lipinski definition) is 2. The van der Waals surface area contributed by atoms with Crippen molar-refractivity contribution in [1.29, 1.82) is 0 Å². The predicted octanol–water partition coefficient (Wildman–Crippen LogP) is 2.46. The van der Waals surface area contributed by atoms with Gasteiger partial charge in [-0.05, 0) is 43.2 Å². The van der Waals surface area contributed by atoms with E-state index >= 15 is 0 Å². The van der Waals surface area contributed by atoms with Crippen molar-refractivity contribution in [3.8, 4) is 0 Å². The first-order valence-corrected chi connectivity index (χ1v) is 9.75. The van der Waals surface area contributed by atoms with Gasteiger partial charge in [-0.15, -0.1) is 0 Å². The summed E-state index contributed by atoms with van der Waals surface area (Å²) in [6.07, 6.45) is 3.51. The second kappa shape index (κ2) is 7.78. The molecule has 2 aliphatic rings. The van der Waals surface area contributed by atoms with Crippen molar-refractivity contribution in [3.05, 3.63) is 35.9 Å². The highest BCUT2D eigenvalue weighted by atomic mass is 16.2. The van der Waals surface area contributed by atoms with Gasteiger partial charge >= 0.3 is 0 Å². The average molecular weight is 357 g/mol. The van der Waals surface area contributed by atoms with E-state index < -0.39 is 0 Å². The first-order valence-electron chi connectivity index (χ1n) is 9.75. The molecule has 0 saturated carbocycles. The van der Waals surface area contributed by atoms with E-state index in [1.165, 1.54) is 0 Å². The summed E-state index contributed by atoms with van der Waals surface area (Å²) in [5.74, 6) is 0.0618. The molecule has 1 unspecified atom stereocenters. The van der Waals surface area contributed by atoms with Gasteiger partial charge in [0.25, 0.3) is 0 Å². The molecule has 142 valence electrons. The largest absolute Gasteiger partial charge is 0.350 e. The van der Waals surface area contributed by atoms with Crippen LogP contribution in [0.4, 0.5) is 0 Å². The smallest absolute Gasteiger partial charge is 0.243 e. The van der Waals surface area contributed by atoms with E-state index in [2.05, 4.69) is 31.4 Å². The van der Waals surface area contributed by atoms with Crippen LogP contribution in [0.1, 0.15) is 52.0 Å². The molecule has 3 atom stereocenters. The maximum atomic E-state index is 13.2. The van der Waals surface area contributed by atoms with Crippen molar-refractivity contribution in [2.24, 2.45) is 5.41 Å². The number of carbonyl (C=O) groups excluding carboxylic acids is 2. The van der Waals surface area contributed by atoms with Gasteiger partial charge in [0, 0.05) is 12.6 Å². The molecule has 5 nitrogen and oxygen atoms in total. The zero-order valence-electron chi connectivity index (χ0n) is 16.1. The minimum absolute atomic E-state index is 0.0352. The van der Waals surface area contributed by atoms with Gasteiger partial charge in [0.15, 0.2) is 0 Å². The van der Waals surface area contributed by atoms with Crippen LogP contribution in [0, 0.1) is 5.41 Å². The van der Waals surface area contributed by atoms with Gasteiger partial charge in [-0.1, -0.05) is 51.1 Å². The maximum Gasteiger partial charge on any atom is 0.243 e. The minimum atomic E-state index is -0.363. The van der Waals surface area contributed by atoms with Gasteiger partial charge in [0.05, 0.1) is 6.04 Å². The van der Waals surface area contributed by atoms with Crippen LogP contribution < -0.4 is 10.6 Å². The lowest BCUT2D eigenvalue weighted by atomic mass is 9.85. The van der Waals surface area contributed by atoms with Crippen molar-refractivity contribution in [3.63, 3.8) is 0 Å². The highest BCUT2D eigenvalue weighted by Gasteiger charge is 2.47. The normalized spacial score (nSPS) is 26.1. The Morgan fingerprint density at radius 2 is 1.88 bits per heavy atom. The van der Waals surface area contributed by atoms with Gasteiger partial charge in [-0.2, -0.15) is 0 Å². The topological polar surface area (TPSA) is 61.4 Å². The van der Waals surface area contributed by atoms with Gasteiger partial charge in [-0.25, -0.2) is 0 Å². The Morgan fingerprint density at radius 1 is 1.15 bits per heavy atom. The number of likely N-dealkylation sites (tertiary alicyclic amines) is 1. The lowest BCUT2D eigenvalue weighted by Gasteiger charge is -2.38. The SMILES string of the molecule is CC(C)(C)[C@H]1CCC(C(=O)NCc2ccccc2)N1C(=O)[C@@H]1CCCN1. The van der Waals surface area contributed by atoms with Crippen LogP contribution in [0.15, 0.2) is 30.3 Å². The molecule has 0 spiro atoms. The van der Waals surface area contributed by atoms with Gasteiger partial charge < -0.3 is 15.5 Å². The molecule has 2 amide bonds. The third-order valence-corrected chi connectivity index (χ3v) is 5.61. The maximum absolute atomic E-state index is 13.2. The summed E-state index contributed by atoms with van der Waals surface area (Å²) in [5.41, 5.74) is 1.03. The second-order valence-electron chi connectivity index (χ2n) is 8.57. The molecule has 0 aliphatic carbocycles. The predicted molar refractivity (Wildman–Crippen MR) is 102 cm³/mol. The van der Waals surface area contributed by atoms with Crippen molar-refractivity contribution >= 4 is 11.8 Å². The molecule has 3 rings (SSSR count). The Balaban J connectivity index is 1.73. The monoisotopic (exact) mass is 357 g/mol. The molecule has 2 heterocycles. The van der Waals surface area contributed by atoms with Crippen LogP contribution in [0.2, 0.25) is 0 Å². The van der Waals surface area contributed by atoms with E-state index in [4.69, 9.17) is 0 Å². The second-order valence-corrected chi connectivity index (χ2v) is 8.57. The van der Waals surface area contributed by atoms with Gasteiger partial charge in [-0.3, -0.25) is 9.59 Å². The molecular formula is C21H31N3O2. The summed E-state index contributed by atoms with van der Waals surface area (Å²) in [6, 6.07) is 9.50. The lowest BCUT2D eigenvalue weighted by molar-refractivity contribution is -0.143. The molecule has 2 N–H and O–H groups in total. The van der Waals surface area contributed by atoms with Crippen molar-refractivity contribution in [2.75, 3.05) is 6.54 Å². The van der Waals surface area contributed by atoms with E-state index in [0.29, 0.717) is 6.54 Å². The van der Waals surface area contributed by atoms with Crippen molar-refractivity contribution < 1.29 is 9.59 Å². The van der Waals surface area contributed by atoms with E-state index in [-0.39, 0.29) is 35.4 Å². The molecule has 2 saturated heterocycles. The van der Waals surface area contributed by atoms with Crippen LogP contribution in [-0.2, 0) is 16.1 Å². The Bertz CT molecular complexity index is 632. The highest BCUT2D eigenvalue weighted by molar-refractivity contribution is 5.91. The Morgan fingerprint density at radius 3 is 2.50 bits per heavy atom. The third-order valence-electron chi connectivity index (χ3n) is 5.61. The number of nitrogens with one attached hydrogen (secondary N) is 2. The molecule has 1 aromatic rings. The number of rotatable bonds is 4. The zero-order valence-corrected chi connectivity index (χ0v) is 16.1. The fourth-order valence-electron chi connectivity index (χ4n) is 4.20. The Hall–Kier alpha value is -1.88. The molecule has 26 heavy (non-hydrogen) atoms. The summed E-state index contributed by atoms with van der Waals surface area (Å²) >= 11 is 0. The molecule has 1 aromatic carbocycles. The van der Waals surface area contributed by atoms with Crippen molar-refractivity contribution in [2.45, 2.75) is 71.1 Å². The fourth-order valence-corrected chi connectivity index (χ4v) is 4.20. The molecule has 0 aromatic heterocycles. The summed E-state index contributed by atoms with van der Waals surface area (Å²) in [7, 11) is 0. The Labute approximate surface area is 156 Å². The summed E-state index contributed by atoms with van der Waals surface area (Å²) in [6.45, 7) is 7.86. The zero-order chi connectivity index (χ0) is 18.7. The van der Waals surface area contributed by atoms with E-state index in [0.717, 1.165) is 37.8 Å². The summed E-state index contributed by atoms with van der Waals surface area (Å²) in [4.78, 5) is 28.0. The number of hydrogen-bond acceptors (Lipinski definition) is 3. The third kappa shape index (κ3) is 4.09. The van der Waals surface area contributed by atoms with Crippen LogP contribution in [0.25, 0.3) is 0 Å². The number of carbonyl (C=O) groups is 2. The summed E-state index contributed by atoms with van der Waals surface area (Å²) in [5, 5.41) is 6.33. The summed E-state index contributed by atoms with van der Waals surface area (Å²) < 4.78 is 0. The molecule has 2 fully saturated rings. The first-order chi connectivity index (χ1) is 12.4. The number of benzene rings is 1. The first kappa shape index (κ1) is 18.9. The number of nitrogens with zero attached hydrogens (tertiary/aromatic N) is 1. The van der Waals surface area contributed by atoms with Crippen molar-refractivity contribution in [1.82, 2.24) is 15.5 Å². The van der Waals surface area contributed by atoms with Crippen LogP contribution in [-0.4, -0.2) is 41.4 Å². The minimum Gasteiger partial charge on any atom is -0.350 e. The van der Waals surface area contributed by atoms with Crippen LogP contribution >= 0.6 is 0 Å². The molecule has 0 radical (unpaired) electrons. The molecule has 5 heteroatoms. The van der Waals surface area contributed by atoms with Crippen LogP contribution in [0.3, 0.4) is 0 Å².